The maximum Gasteiger partial charge on any atom is 0.411 e. The summed E-state index contributed by atoms with van der Waals surface area (Å²) >= 11 is 0. The minimum Gasteiger partial charge on any atom is -0.481 e. The smallest absolute Gasteiger partial charge is 0.411 e. The molecule has 2 amide bonds. The molecular formula is C28H29N3O5. The van der Waals surface area contributed by atoms with Gasteiger partial charge in [-0.25, -0.2) is 4.79 Å². The molecule has 0 fully saturated rings. The van der Waals surface area contributed by atoms with Gasteiger partial charge in [-0.05, 0) is 35.7 Å². The number of anilines is 2. The average Bonchev–Trinajstić information content (AvgIpc) is 2.97. The molecule has 0 aliphatic carbocycles. The highest BCUT2D eigenvalue weighted by molar-refractivity contribution is 6.02. The number of carbonyl (C=O) groups excluding carboxylic acids is 2. The number of nitrogens with one attached hydrogen (secondary N) is 1. The van der Waals surface area contributed by atoms with Crippen molar-refractivity contribution in [3.05, 3.63) is 95.6 Å². The van der Waals surface area contributed by atoms with Gasteiger partial charge in [-0.3, -0.25) is 14.9 Å². The number of hydrogen-bond donors (Lipinski definition) is 2. The van der Waals surface area contributed by atoms with Gasteiger partial charge >= 0.3 is 12.1 Å². The first kappa shape index (κ1) is 24.8. The summed E-state index contributed by atoms with van der Waals surface area (Å²) in [6, 6.07) is 23.8. The van der Waals surface area contributed by atoms with E-state index in [0.717, 1.165) is 11.1 Å². The molecule has 0 unspecified atom stereocenters. The van der Waals surface area contributed by atoms with Gasteiger partial charge in [0, 0.05) is 31.5 Å². The molecule has 1 atom stereocenters. The Bertz CT molecular complexity index is 1220. The number of carboxylic acids is 1. The third-order valence-electron chi connectivity index (χ3n) is 6.26. The molecular weight excluding hydrogens is 458 g/mol. The molecule has 8 heteroatoms. The van der Waals surface area contributed by atoms with Crippen LogP contribution in [0.25, 0.3) is 0 Å². The van der Waals surface area contributed by atoms with Crippen LogP contribution in [0.2, 0.25) is 0 Å². The van der Waals surface area contributed by atoms with Crippen LogP contribution in [0.15, 0.2) is 78.9 Å². The first-order valence-electron chi connectivity index (χ1n) is 11.8. The lowest BCUT2D eigenvalue weighted by atomic mass is 10.1. The monoisotopic (exact) mass is 487 g/mol. The van der Waals surface area contributed by atoms with Crippen molar-refractivity contribution in [2.45, 2.75) is 25.5 Å². The van der Waals surface area contributed by atoms with Crippen LogP contribution in [0.5, 0.6) is 0 Å². The Morgan fingerprint density at radius 2 is 1.67 bits per heavy atom. The predicted molar refractivity (Wildman–Crippen MR) is 137 cm³/mol. The van der Waals surface area contributed by atoms with Gasteiger partial charge in [0.25, 0.3) is 5.91 Å². The largest absolute Gasteiger partial charge is 0.481 e. The second kappa shape index (κ2) is 11.4. The maximum atomic E-state index is 13.6. The Labute approximate surface area is 210 Å². The number of carboxylic acid groups (broad SMARTS) is 1. The number of carbonyl (C=O) groups is 3. The van der Waals surface area contributed by atoms with E-state index in [9.17, 15) is 19.5 Å². The first-order chi connectivity index (χ1) is 17.4. The van der Waals surface area contributed by atoms with Gasteiger partial charge in [-0.2, -0.15) is 0 Å². The van der Waals surface area contributed by atoms with Crippen molar-refractivity contribution in [1.82, 2.24) is 4.90 Å². The summed E-state index contributed by atoms with van der Waals surface area (Å²) in [4.78, 5) is 41.0. The van der Waals surface area contributed by atoms with Crippen molar-refractivity contribution in [1.29, 1.82) is 0 Å². The lowest BCUT2D eigenvalue weighted by Gasteiger charge is -2.30. The summed E-state index contributed by atoms with van der Waals surface area (Å²) in [5.74, 6) is -1.13. The molecule has 0 aromatic heterocycles. The fourth-order valence-corrected chi connectivity index (χ4v) is 4.30. The van der Waals surface area contributed by atoms with E-state index < -0.39 is 18.1 Å². The third kappa shape index (κ3) is 6.21. The number of ether oxygens (including phenoxy) is 1. The zero-order valence-corrected chi connectivity index (χ0v) is 20.1. The second-order valence-electron chi connectivity index (χ2n) is 8.77. The van der Waals surface area contributed by atoms with E-state index in [4.69, 9.17) is 4.74 Å². The molecule has 3 aromatic carbocycles. The van der Waals surface area contributed by atoms with Gasteiger partial charge < -0.3 is 19.6 Å². The summed E-state index contributed by atoms with van der Waals surface area (Å²) in [5, 5.41) is 12.2. The lowest BCUT2D eigenvalue weighted by molar-refractivity contribution is -0.137. The molecule has 4 rings (SSSR count). The predicted octanol–water partition coefficient (Wildman–Crippen LogP) is 4.41. The van der Waals surface area contributed by atoms with Gasteiger partial charge in [0.2, 0.25) is 0 Å². The molecule has 3 aromatic rings. The number of rotatable bonds is 8. The van der Waals surface area contributed by atoms with Crippen molar-refractivity contribution in [2.75, 3.05) is 30.4 Å². The summed E-state index contributed by atoms with van der Waals surface area (Å²) < 4.78 is 5.30. The van der Waals surface area contributed by atoms with Crippen LogP contribution in [-0.4, -0.2) is 54.2 Å². The maximum absolute atomic E-state index is 13.6. The molecule has 0 bridgehead atoms. The fourth-order valence-electron chi connectivity index (χ4n) is 4.30. The van der Waals surface area contributed by atoms with Crippen LogP contribution in [0, 0.1) is 0 Å². The summed E-state index contributed by atoms with van der Waals surface area (Å²) in [6.45, 7) is 0.859. The Hall–Kier alpha value is -4.33. The molecule has 1 heterocycles. The zero-order chi connectivity index (χ0) is 25.5. The summed E-state index contributed by atoms with van der Waals surface area (Å²) in [7, 11) is 1.79. The van der Waals surface area contributed by atoms with Crippen LogP contribution >= 0.6 is 0 Å². The second-order valence-corrected chi connectivity index (χ2v) is 8.77. The molecule has 2 N–H and O–H groups in total. The van der Waals surface area contributed by atoms with Gasteiger partial charge in [-0.15, -0.1) is 0 Å². The van der Waals surface area contributed by atoms with E-state index in [1.807, 2.05) is 65.6 Å². The van der Waals surface area contributed by atoms with Crippen LogP contribution in [0.3, 0.4) is 0 Å². The number of benzene rings is 3. The number of hydrogen-bond acceptors (Lipinski definition) is 5. The topological polar surface area (TPSA) is 99.2 Å². The van der Waals surface area contributed by atoms with E-state index in [1.54, 1.807) is 30.1 Å². The molecule has 0 saturated heterocycles. The lowest BCUT2D eigenvalue weighted by Crippen LogP contribution is -2.43. The molecule has 8 nitrogen and oxygen atoms in total. The van der Waals surface area contributed by atoms with Crippen LogP contribution in [0.1, 0.15) is 27.9 Å². The van der Waals surface area contributed by atoms with Crippen molar-refractivity contribution in [2.24, 2.45) is 0 Å². The Morgan fingerprint density at radius 1 is 1.00 bits per heavy atom. The quantitative estimate of drug-likeness (QED) is 0.488. The van der Waals surface area contributed by atoms with Crippen LogP contribution in [-0.2, 0) is 22.6 Å². The van der Waals surface area contributed by atoms with Gasteiger partial charge in [-0.1, -0.05) is 60.7 Å². The van der Waals surface area contributed by atoms with Crippen molar-refractivity contribution < 1.29 is 24.2 Å². The van der Waals surface area contributed by atoms with E-state index in [0.29, 0.717) is 29.9 Å². The molecule has 0 saturated carbocycles. The van der Waals surface area contributed by atoms with Crippen LogP contribution < -0.4 is 10.2 Å². The SMILES string of the molecule is CN1c2ccc(NC(=O)OCc3ccccc3)cc2C(=O)N(CCc2ccccc2)C[C@H]1CC(=O)O. The molecule has 1 aliphatic rings. The number of amides is 2. The summed E-state index contributed by atoms with van der Waals surface area (Å²) in [6.07, 6.45) is -0.0793. The molecule has 1 aliphatic heterocycles. The average molecular weight is 488 g/mol. The fraction of sp³-hybridized carbons (Fsp3) is 0.250. The molecule has 186 valence electrons. The van der Waals surface area contributed by atoms with Gasteiger partial charge in [0.05, 0.1) is 18.0 Å². The normalized spacial score (nSPS) is 15.1. The highest BCUT2D eigenvalue weighted by atomic mass is 16.5. The zero-order valence-electron chi connectivity index (χ0n) is 20.1. The van der Waals surface area contributed by atoms with E-state index in [2.05, 4.69) is 5.32 Å². The van der Waals surface area contributed by atoms with E-state index in [1.165, 1.54) is 0 Å². The molecule has 36 heavy (non-hydrogen) atoms. The number of fused-ring (bicyclic) bond motifs is 1. The number of aliphatic carboxylic acids is 1. The van der Waals surface area contributed by atoms with Gasteiger partial charge in [0.1, 0.15) is 6.61 Å². The minimum atomic E-state index is -0.926. The highest BCUT2D eigenvalue weighted by Crippen LogP contribution is 2.30. The van der Waals surface area contributed by atoms with Crippen LogP contribution in [0.4, 0.5) is 16.2 Å². The van der Waals surface area contributed by atoms with E-state index in [-0.39, 0.29) is 25.5 Å². The number of likely N-dealkylation sites (N-methyl/N-ethyl adjacent to an activating group) is 1. The van der Waals surface area contributed by atoms with Crippen molar-refractivity contribution >= 4 is 29.3 Å². The molecule has 0 radical (unpaired) electrons. The highest BCUT2D eigenvalue weighted by Gasteiger charge is 2.32. The third-order valence-corrected chi connectivity index (χ3v) is 6.26. The minimum absolute atomic E-state index is 0.100. The van der Waals surface area contributed by atoms with Crippen molar-refractivity contribution in [3.8, 4) is 0 Å². The number of nitrogens with zero attached hydrogens (tertiary/aromatic N) is 2. The van der Waals surface area contributed by atoms with Gasteiger partial charge in [0.15, 0.2) is 0 Å². The Kier molecular flexibility index (Phi) is 7.85. The first-order valence-corrected chi connectivity index (χ1v) is 11.8. The van der Waals surface area contributed by atoms with Crippen molar-refractivity contribution in [3.63, 3.8) is 0 Å². The summed E-state index contributed by atoms with van der Waals surface area (Å²) in [5.41, 5.74) is 3.41. The Morgan fingerprint density at radius 3 is 2.33 bits per heavy atom. The molecule has 0 spiro atoms. The standard InChI is InChI=1S/C28H29N3O5/c1-30-23(17-26(32)33)18-31(15-14-20-8-4-2-5-9-20)27(34)24-16-22(12-13-25(24)30)29-28(35)36-19-21-10-6-3-7-11-21/h2-13,16,23H,14-15,17-19H2,1H3,(H,29,35)(H,32,33)/t23-/m1/s1. The Balaban J connectivity index is 1.53. The van der Waals surface area contributed by atoms with E-state index >= 15 is 0 Å².